The van der Waals surface area contributed by atoms with Crippen molar-refractivity contribution in [3.63, 3.8) is 0 Å². The number of nitrogens with zero attached hydrogens (tertiary/aromatic N) is 3. The van der Waals surface area contributed by atoms with Crippen molar-refractivity contribution in [1.82, 2.24) is 14.7 Å². The lowest BCUT2D eigenvalue weighted by Gasteiger charge is -2.39. The summed E-state index contributed by atoms with van der Waals surface area (Å²) >= 11 is 0. The van der Waals surface area contributed by atoms with Crippen LogP contribution in [0.1, 0.15) is 41.3 Å². The Morgan fingerprint density at radius 2 is 2.12 bits per heavy atom. The summed E-state index contributed by atoms with van der Waals surface area (Å²) in [5, 5.41) is 4.38. The van der Waals surface area contributed by atoms with Crippen LogP contribution in [0.3, 0.4) is 0 Å². The van der Waals surface area contributed by atoms with E-state index in [0.717, 1.165) is 36.2 Å². The molecule has 0 aliphatic carbocycles. The van der Waals surface area contributed by atoms with Crippen molar-refractivity contribution in [2.24, 2.45) is 11.7 Å². The summed E-state index contributed by atoms with van der Waals surface area (Å²) in [7, 11) is 0. The number of carbonyl (C=O) groups excluding carboxylic acids is 1. The van der Waals surface area contributed by atoms with Gasteiger partial charge in [-0.3, -0.25) is 4.79 Å². The van der Waals surface area contributed by atoms with Crippen LogP contribution in [-0.2, 0) is 0 Å². The van der Waals surface area contributed by atoms with E-state index in [1.807, 2.05) is 43.1 Å². The molecule has 3 rings (SSSR count). The number of rotatable bonds is 3. The highest BCUT2D eigenvalue weighted by Crippen LogP contribution is 2.26. The van der Waals surface area contributed by atoms with Gasteiger partial charge in [-0.05, 0) is 50.3 Å². The van der Waals surface area contributed by atoms with Gasteiger partial charge in [0.1, 0.15) is 0 Å². The van der Waals surface area contributed by atoms with E-state index in [1.165, 1.54) is 0 Å². The number of aryl methyl sites for hydroxylation is 2. The summed E-state index contributed by atoms with van der Waals surface area (Å²) in [4.78, 5) is 15.3. The van der Waals surface area contributed by atoms with E-state index in [2.05, 4.69) is 12.0 Å². The highest BCUT2D eigenvalue weighted by Gasteiger charge is 2.32. The normalized spacial score (nSPS) is 21.1. The first-order chi connectivity index (χ1) is 11.5. The third kappa shape index (κ3) is 3.08. The van der Waals surface area contributed by atoms with Crippen LogP contribution in [0, 0.1) is 19.8 Å². The van der Waals surface area contributed by atoms with E-state index in [1.54, 1.807) is 10.9 Å². The van der Waals surface area contributed by atoms with Crippen LogP contribution in [0.25, 0.3) is 5.69 Å². The monoisotopic (exact) mass is 326 g/mol. The van der Waals surface area contributed by atoms with Crippen molar-refractivity contribution in [2.45, 2.75) is 39.7 Å². The molecule has 0 radical (unpaired) electrons. The Bertz CT molecular complexity index is 737. The van der Waals surface area contributed by atoms with Crippen molar-refractivity contribution >= 4 is 5.91 Å². The fraction of sp³-hybridized carbons (Fsp3) is 0.474. The summed E-state index contributed by atoms with van der Waals surface area (Å²) in [5.41, 5.74) is 9.64. The maximum atomic E-state index is 13.3. The smallest absolute Gasteiger partial charge is 0.256 e. The number of aromatic nitrogens is 2. The zero-order valence-electron chi connectivity index (χ0n) is 14.7. The molecule has 1 fully saturated rings. The van der Waals surface area contributed by atoms with E-state index in [4.69, 9.17) is 5.73 Å². The predicted molar refractivity (Wildman–Crippen MR) is 95.3 cm³/mol. The number of amides is 1. The SMILES string of the molecule is Cc1ccc(-n2cc(C)cn2)c(C(=O)N2CCC[C@@H](C)[C@H]2CN)c1. The summed E-state index contributed by atoms with van der Waals surface area (Å²) in [6, 6.07) is 6.06. The van der Waals surface area contributed by atoms with Crippen LogP contribution in [0.5, 0.6) is 0 Å². The third-order valence-corrected chi connectivity index (χ3v) is 4.96. The Morgan fingerprint density at radius 3 is 2.79 bits per heavy atom. The summed E-state index contributed by atoms with van der Waals surface area (Å²) in [6.07, 6.45) is 5.91. The Labute approximate surface area is 143 Å². The van der Waals surface area contributed by atoms with Gasteiger partial charge in [0.25, 0.3) is 5.91 Å². The van der Waals surface area contributed by atoms with E-state index >= 15 is 0 Å². The molecule has 0 bridgehead atoms. The first kappa shape index (κ1) is 16.7. The first-order valence-corrected chi connectivity index (χ1v) is 8.64. The molecular formula is C19H26N4O. The van der Waals surface area contributed by atoms with Crippen LogP contribution >= 0.6 is 0 Å². The number of benzene rings is 1. The molecule has 1 aliphatic heterocycles. The molecule has 2 atom stereocenters. The van der Waals surface area contributed by atoms with Gasteiger partial charge in [0.2, 0.25) is 0 Å². The zero-order chi connectivity index (χ0) is 17.3. The summed E-state index contributed by atoms with van der Waals surface area (Å²) in [6.45, 7) is 7.47. The Hall–Kier alpha value is -2.14. The largest absolute Gasteiger partial charge is 0.334 e. The average molecular weight is 326 g/mol. The standard InChI is InChI=1S/C19H26N4O/c1-13-6-7-17(23-12-14(2)11-21-23)16(9-13)19(24)22-8-4-5-15(3)18(22)10-20/h6-7,9,11-12,15,18H,4-5,8,10,20H2,1-3H3/t15-,18-/m1/s1. The molecule has 1 aromatic heterocycles. The molecule has 1 aromatic carbocycles. The maximum absolute atomic E-state index is 13.3. The Balaban J connectivity index is 2.01. The van der Waals surface area contributed by atoms with E-state index in [-0.39, 0.29) is 11.9 Å². The van der Waals surface area contributed by atoms with Gasteiger partial charge in [0.05, 0.1) is 17.4 Å². The highest BCUT2D eigenvalue weighted by atomic mass is 16.2. The summed E-state index contributed by atoms with van der Waals surface area (Å²) < 4.78 is 1.78. The quantitative estimate of drug-likeness (QED) is 0.943. The van der Waals surface area contributed by atoms with E-state index < -0.39 is 0 Å². The van der Waals surface area contributed by atoms with Crippen molar-refractivity contribution in [2.75, 3.05) is 13.1 Å². The average Bonchev–Trinajstić information content (AvgIpc) is 3.00. The van der Waals surface area contributed by atoms with Crippen LogP contribution in [-0.4, -0.2) is 39.7 Å². The van der Waals surface area contributed by atoms with Crippen LogP contribution in [0.15, 0.2) is 30.6 Å². The van der Waals surface area contributed by atoms with Gasteiger partial charge in [0.15, 0.2) is 0 Å². The second kappa shape index (κ2) is 6.77. The number of carbonyl (C=O) groups is 1. The molecule has 24 heavy (non-hydrogen) atoms. The van der Waals surface area contributed by atoms with E-state index in [9.17, 15) is 4.79 Å². The molecule has 128 valence electrons. The van der Waals surface area contributed by atoms with Gasteiger partial charge < -0.3 is 10.6 Å². The van der Waals surface area contributed by atoms with Crippen molar-refractivity contribution in [3.8, 4) is 5.69 Å². The fourth-order valence-electron chi connectivity index (χ4n) is 3.58. The topological polar surface area (TPSA) is 64.2 Å². The van der Waals surface area contributed by atoms with E-state index in [0.29, 0.717) is 18.0 Å². The van der Waals surface area contributed by atoms with Gasteiger partial charge in [-0.1, -0.05) is 18.6 Å². The molecular weight excluding hydrogens is 300 g/mol. The molecule has 1 amide bonds. The minimum atomic E-state index is 0.0591. The first-order valence-electron chi connectivity index (χ1n) is 8.64. The molecule has 5 heteroatoms. The molecule has 2 N–H and O–H groups in total. The third-order valence-electron chi connectivity index (χ3n) is 4.96. The molecule has 5 nitrogen and oxygen atoms in total. The molecule has 1 saturated heterocycles. The van der Waals surface area contributed by atoms with Crippen molar-refractivity contribution in [1.29, 1.82) is 0 Å². The van der Waals surface area contributed by atoms with Crippen LogP contribution in [0.2, 0.25) is 0 Å². The Morgan fingerprint density at radius 1 is 1.33 bits per heavy atom. The number of likely N-dealkylation sites (tertiary alicyclic amines) is 1. The van der Waals surface area contributed by atoms with Crippen LogP contribution in [0.4, 0.5) is 0 Å². The lowest BCUT2D eigenvalue weighted by atomic mass is 9.90. The minimum absolute atomic E-state index is 0.0591. The second-order valence-corrected chi connectivity index (χ2v) is 6.90. The highest BCUT2D eigenvalue weighted by molar-refractivity contribution is 5.98. The molecule has 0 saturated carbocycles. The lowest BCUT2D eigenvalue weighted by Crippen LogP contribution is -2.51. The molecule has 1 aliphatic rings. The number of piperidine rings is 1. The number of hydrogen-bond donors (Lipinski definition) is 1. The van der Waals surface area contributed by atoms with Crippen molar-refractivity contribution < 1.29 is 4.79 Å². The van der Waals surface area contributed by atoms with Gasteiger partial charge in [-0.15, -0.1) is 0 Å². The fourth-order valence-corrected chi connectivity index (χ4v) is 3.58. The maximum Gasteiger partial charge on any atom is 0.256 e. The molecule has 2 aromatic rings. The Kier molecular flexibility index (Phi) is 4.71. The second-order valence-electron chi connectivity index (χ2n) is 6.90. The molecule has 0 unspecified atom stereocenters. The van der Waals surface area contributed by atoms with Gasteiger partial charge in [-0.25, -0.2) is 4.68 Å². The molecule has 2 heterocycles. The zero-order valence-corrected chi connectivity index (χ0v) is 14.7. The molecule has 0 spiro atoms. The van der Waals surface area contributed by atoms with Gasteiger partial charge in [-0.2, -0.15) is 5.10 Å². The van der Waals surface area contributed by atoms with Crippen LogP contribution < -0.4 is 5.73 Å². The minimum Gasteiger partial charge on any atom is -0.334 e. The number of hydrogen-bond acceptors (Lipinski definition) is 3. The predicted octanol–water partition coefficient (Wildman–Crippen LogP) is 2.69. The number of nitrogens with two attached hydrogens (primary N) is 1. The summed E-state index contributed by atoms with van der Waals surface area (Å²) in [5.74, 6) is 0.497. The van der Waals surface area contributed by atoms with Gasteiger partial charge >= 0.3 is 0 Å². The lowest BCUT2D eigenvalue weighted by molar-refractivity contribution is 0.0532. The van der Waals surface area contributed by atoms with Gasteiger partial charge in [0, 0.05) is 25.3 Å². The van der Waals surface area contributed by atoms with Crippen molar-refractivity contribution in [3.05, 3.63) is 47.3 Å².